The highest BCUT2D eigenvalue weighted by molar-refractivity contribution is 7.92. The zero-order valence-corrected chi connectivity index (χ0v) is 15.9. The number of hydrogen-bond acceptors (Lipinski definition) is 2. The molecule has 0 bridgehead atoms. The highest BCUT2D eigenvalue weighted by Gasteiger charge is 2.26. The molecule has 0 saturated carbocycles. The lowest BCUT2D eigenvalue weighted by molar-refractivity contribution is 0.588. The highest BCUT2D eigenvalue weighted by atomic mass is 35.5. The number of nitrogens with zero attached hydrogens (tertiary/aromatic N) is 1. The number of sulfonamides is 1. The average molecular weight is 408 g/mol. The molecule has 140 valence electrons. The smallest absolute Gasteiger partial charge is 0.262 e. The molecule has 0 heterocycles. The first-order chi connectivity index (χ1) is 12.8. The van der Waals surface area contributed by atoms with E-state index in [-0.39, 0.29) is 22.2 Å². The fourth-order valence-electron chi connectivity index (χ4n) is 2.57. The molecule has 27 heavy (non-hydrogen) atoms. The predicted octanol–water partition coefficient (Wildman–Crippen LogP) is 5.32. The molecule has 3 nitrogen and oxygen atoms in total. The Balaban J connectivity index is 2.12. The van der Waals surface area contributed by atoms with Gasteiger partial charge in [-0.1, -0.05) is 48.0 Å². The number of halogens is 3. The third kappa shape index (κ3) is 4.12. The Hall–Kier alpha value is -2.44. The molecule has 0 aliphatic heterocycles. The average Bonchev–Trinajstić information content (AvgIpc) is 2.65. The van der Waals surface area contributed by atoms with Crippen LogP contribution in [-0.2, 0) is 16.6 Å². The van der Waals surface area contributed by atoms with Crippen LogP contribution in [0.15, 0.2) is 71.6 Å². The zero-order valence-electron chi connectivity index (χ0n) is 14.4. The van der Waals surface area contributed by atoms with Gasteiger partial charge in [0.15, 0.2) is 0 Å². The lowest BCUT2D eigenvalue weighted by Gasteiger charge is -2.25. The van der Waals surface area contributed by atoms with Crippen LogP contribution >= 0.6 is 11.6 Å². The van der Waals surface area contributed by atoms with Crippen molar-refractivity contribution in [1.29, 1.82) is 0 Å². The van der Waals surface area contributed by atoms with E-state index in [1.807, 2.05) is 6.07 Å². The molecule has 0 aliphatic carbocycles. The van der Waals surface area contributed by atoms with Crippen molar-refractivity contribution in [3.8, 4) is 0 Å². The summed E-state index contributed by atoms with van der Waals surface area (Å²) in [6.07, 6.45) is 0. The van der Waals surface area contributed by atoms with Gasteiger partial charge in [-0.25, -0.2) is 17.2 Å². The normalized spacial score (nSPS) is 11.4. The molecule has 0 atom stereocenters. The summed E-state index contributed by atoms with van der Waals surface area (Å²) in [6.45, 7) is 1.58. The Morgan fingerprint density at radius 3 is 2.26 bits per heavy atom. The van der Waals surface area contributed by atoms with Gasteiger partial charge in [0.2, 0.25) is 0 Å². The summed E-state index contributed by atoms with van der Waals surface area (Å²) in [6, 6.07) is 16.3. The van der Waals surface area contributed by atoms with E-state index in [0.29, 0.717) is 5.56 Å². The molecule has 0 amide bonds. The van der Waals surface area contributed by atoms with Crippen LogP contribution in [0.5, 0.6) is 0 Å². The van der Waals surface area contributed by atoms with Gasteiger partial charge >= 0.3 is 0 Å². The van der Waals surface area contributed by atoms with E-state index >= 15 is 0 Å². The van der Waals surface area contributed by atoms with Gasteiger partial charge in [0.1, 0.15) is 11.6 Å². The van der Waals surface area contributed by atoms with E-state index in [1.54, 1.807) is 31.2 Å². The molecule has 0 aliphatic rings. The van der Waals surface area contributed by atoms with E-state index in [2.05, 4.69) is 0 Å². The summed E-state index contributed by atoms with van der Waals surface area (Å²) in [5, 5.41) is -0.300. The number of anilines is 1. The van der Waals surface area contributed by atoms with Gasteiger partial charge in [-0.15, -0.1) is 0 Å². The fraction of sp³-hybridized carbons (Fsp3) is 0.100. The molecule has 0 unspecified atom stereocenters. The highest BCUT2D eigenvalue weighted by Crippen LogP contribution is 2.29. The van der Waals surface area contributed by atoms with Gasteiger partial charge in [0.25, 0.3) is 10.0 Å². The van der Waals surface area contributed by atoms with Crippen LogP contribution < -0.4 is 4.31 Å². The number of aryl methyl sites for hydroxylation is 1. The van der Waals surface area contributed by atoms with E-state index < -0.39 is 21.7 Å². The zero-order chi connectivity index (χ0) is 19.6. The van der Waals surface area contributed by atoms with Crippen molar-refractivity contribution in [1.82, 2.24) is 0 Å². The third-order valence-electron chi connectivity index (χ3n) is 4.09. The van der Waals surface area contributed by atoms with Crippen molar-refractivity contribution in [2.75, 3.05) is 4.31 Å². The maximum atomic E-state index is 14.1. The van der Waals surface area contributed by atoms with Crippen molar-refractivity contribution in [2.24, 2.45) is 0 Å². The van der Waals surface area contributed by atoms with Gasteiger partial charge in [0.05, 0.1) is 22.2 Å². The molecule has 0 radical (unpaired) electrons. The Bertz CT molecular complexity index is 1070. The largest absolute Gasteiger partial charge is 0.264 e. The second-order valence-corrected chi connectivity index (χ2v) is 8.28. The minimum atomic E-state index is -4.11. The van der Waals surface area contributed by atoms with Gasteiger partial charge in [-0.2, -0.15) is 0 Å². The van der Waals surface area contributed by atoms with Gasteiger partial charge in [-0.3, -0.25) is 4.31 Å². The second kappa shape index (κ2) is 7.66. The summed E-state index contributed by atoms with van der Waals surface area (Å²) < 4.78 is 55.1. The molecule has 3 aromatic carbocycles. The van der Waals surface area contributed by atoms with E-state index in [0.717, 1.165) is 28.1 Å². The van der Waals surface area contributed by atoms with Crippen molar-refractivity contribution in [2.45, 2.75) is 18.4 Å². The quantitative estimate of drug-likeness (QED) is 0.573. The van der Waals surface area contributed by atoms with Crippen LogP contribution in [0.1, 0.15) is 11.1 Å². The summed E-state index contributed by atoms with van der Waals surface area (Å²) >= 11 is 5.76. The van der Waals surface area contributed by atoms with E-state index in [1.165, 1.54) is 18.2 Å². The summed E-state index contributed by atoms with van der Waals surface area (Å²) in [5.41, 5.74) is 1.29. The molecular formula is C20H16ClF2NO2S. The summed E-state index contributed by atoms with van der Waals surface area (Å²) in [5.74, 6) is -1.23. The van der Waals surface area contributed by atoms with Crippen molar-refractivity contribution in [3.05, 3.63) is 94.5 Å². The second-order valence-electron chi connectivity index (χ2n) is 6.01. The Kier molecular flexibility index (Phi) is 5.48. The standard InChI is InChI=1S/C20H16ClF2NO2S/c1-14-7-8-16(11-20(14)23)24(13-15-5-3-2-4-6-15)27(25,26)17-9-10-19(22)18(21)12-17/h2-12H,13H2,1H3. The Labute approximate surface area is 161 Å². The summed E-state index contributed by atoms with van der Waals surface area (Å²) in [4.78, 5) is -0.175. The molecule has 7 heteroatoms. The Morgan fingerprint density at radius 1 is 0.926 bits per heavy atom. The van der Waals surface area contributed by atoms with Crippen molar-refractivity contribution in [3.63, 3.8) is 0 Å². The van der Waals surface area contributed by atoms with Crippen LogP contribution in [0.3, 0.4) is 0 Å². The first-order valence-corrected chi connectivity index (χ1v) is 9.89. The van der Waals surface area contributed by atoms with Crippen molar-refractivity contribution < 1.29 is 17.2 Å². The first kappa shape index (κ1) is 19.3. The SMILES string of the molecule is Cc1ccc(N(Cc2ccccc2)S(=O)(=O)c2ccc(F)c(Cl)c2)cc1F. The Morgan fingerprint density at radius 2 is 1.63 bits per heavy atom. The lowest BCUT2D eigenvalue weighted by atomic mass is 10.2. The molecule has 0 fully saturated rings. The third-order valence-corrected chi connectivity index (χ3v) is 6.15. The molecule has 0 aromatic heterocycles. The number of rotatable bonds is 5. The van der Waals surface area contributed by atoms with Crippen LogP contribution in [-0.4, -0.2) is 8.42 Å². The predicted molar refractivity (Wildman–Crippen MR) is 102 cm³/mol. The van der Waals surface area contributed by atoms with E-state index in [9.17, 15) is 17.2 Å². The lowest BCUT2D eigenvalue weighted by Crippen LogP contribution is -2.30. The van der Waals surface area contributed by atoms with Crippen LogP contribution in [0.25, 0.3) is 0 Å². The number of benzene rings is 3. The number of hydrogen-bond donors (Lipinski definition) is 0. The van der Waals surface area contributed by atoms with Gasteiger partial charge in [-0.05, 0) is 48.4 Å². The van der Waals surface area contributed by atoms with E-state index in [4.69, 9.17) is 11.6 Å². The van der Waals surface area contributed by atoms with Crippen LogP contribution in [0, 0.1) is 18.6 Å². The first-order valence-electron chi connectivity index (χ1n) is 8.07. The fourth-order valence-corrected chi connectivity index (χ4v) is 4.28. The minimum Gasteiger partial charge on any atom is -0.262 e. The van der Waals surface area contributed by atoms with Crippen LogP contribution in [0.2, 0.25) is 5.02 Å². The summed E-state index contributed by atoms with van der Waals surface area (Å²) in [7, 11) is -4.11. The minimum absolute atomic E-state index is 0.0132. The molecule has 3 rings (SSSR count). The van der Waals surface area contributed by atoms with Crippen LogP contribution in [0.4, 0.5) is 14.5 Å². The van der Waals surface area contributed by atoms with Gasteiger partial charge < -0.3 is 0 Å². The maximum absolute atomic E-state index is 14.1. The molecular weight excluding hydrogens is 392 g/mol. The van der Waals surface area contributed by atoms with Crippen molar-refractivity contribution >= 4 is 27.3 Å². The monoisotopic (exact) mass is 407 g/mol. The molecule has 3 aromatic rings. The van der Waals surface area contributed by atoms with Gasteiger partial charge in [0, 0.05) is 0 Å². The molecule has 0 saturated heterocycles. The maximum Gasteiger partial charge on any atom is 0.264 e. The topological polar surface area (TPSA) is 37.4 Å². The molecule has 0 N–H and O–H groups in total. The molecule has 0 spiro atoms.